The van der Waals surface area contributed by atoms with Crippen LogP contribution in [0.4, 0.5) is 15.8 Å². The molecule has 0 N–H and O–H groups in total. The number of aromatic nitrogens is 9. The molecule has 19 heteroatoms. The molecule has 0 spiro atoms. The topological polar surface area (TPSA) is 189 Å². The lowest BCUT2D eigenvalue weighted by Gasteiger charge is -2.19. The molecule has 72 heavy (non-hydrogen) atoms. The van der Waals surface area contributed by atoms with Gasteiger partial charge in [0.15, 0.2) is 28.8 Å². The highest BCUT2D eigenvalue weighted by atomic mass is 35.5. The van der Waals surface area contributed by atoms with Gasteiger partial charge >= 0.3 is 0 Å². The average molecular weight is 1020 g/mol. The normalized spacial score (nSPS) is 10.5. The first-order valence-corrected chi connectivity index (χ1v) is 23.5. The van der Waals surface area contributed by atoms with Gasteiger partial charge in [0.1, 0.15) is 41.3 Å². The zero-order valence-corrected chi connectivity index (χ0v) is 41.4. The molecule has 362 valence electrons. The van der Waals surface area contributed by atoms with E-state index < -0.39 is 5.82 Å². The molecular weight excluding hydrogens is 979 g/mol. The highest BCUT2D eigenvalue weighted by Gasteiger charge is 2.16. The molecular formula is C53H43Cl2FN10O5S. The maximum atomic E-state index is 14.0. The lowest BCUT2D eigenvalue weighted by Crippen LogP contribution is -2.12. The standard InChI is InChI=1S/2C18H14ClN3O2.C17H15FN4OS/c2*1-12-3-2-4-15(22-12)8-18(23)13-5-14(19)7-16(6-13)24-17-9-20-11-21-10-17;1-11-9-24-17(21-11)6-16(23)12-3-13(18)5-14(4-12)22(2)15-7-19-10-20-8-15/h2*2-7,9-11H,8H2,1H3;3-5,7-10H,6H2,1-2H3. The van der Waals surface area contributed by atoms with E-state index in [4.69, 9.17) is 32.7 Å². The van der Waals surface area contributed by atoms with Crippen LogP contribution in [0, 0.1) is 26.6 Å². The molecule has 0 aliphatic heterocycles. The minimum atomic E-state index is -0.463. The first kappa shape index (κ1) is 51.6. The molecule has 9 rings (SSSR count). The fourth-order valence-electron chi connectivity index (χ4n) is 6.71. The van der Waals surface area contributed by atoms with Crippen molar-refractivity contribution in [3.63, 3.8) is 0 Å². The van der Waals surface area contributed by atoms with Crippen molar-refractivity contribution in [1.82, 2.24) is 44.9 Å². The molecule has 0 saturated heterocycles. The van der Waals surface area contributed by atoms with Crippen molar-refractivity contribution in [2.75, 3.05) is 11.9 Å². The Hall–Kier alpha value is -8.25. The summed E-state index contributed by atoms with van der Waals surface area (Å²) in [4.78, 5) is 75.6. The van der Waals surface area contributed by atoms with Crippen molar-refractivity contribution in [3.8, 4) is 23.0 Å². The Labute approximate surface area is 427 Å². The molecule has 0 atom stereocenters. The number of halogens is 3. The fraction of sp³-hybridized carbons (Fsp3) is 0.132. The van der Waals surface area contributed by atoms with Crippen molar-refractivity contribution in [2.45, 2.75) is 40.0 Å². The monoisotopic (exact) mass is 1020 g/mol. The first-order chi connectivity index (χ1) is 34.7. The number of hydrogen-bond donors (Lipinski definition) is 0. The maximum Gasteiger partial charge on any atom is 0.169 e. The van der Waals surface area contributed by atoms with Crippen molar-refractivity contribution >= 4 is 63.3 Å². The van der Waals surface area contributed by atoms with Crippen LogP contribution in [-0.4, -0.2) is 69.3 Å². The number of aryl methyl sites for hydroxylation is 3. The number of nitrogens with zero attached hydrogens (tertiary/aromatic N) is 10. The number of Topliss-reactive ketones (excluding diaryl/α,β-unsaturated/α-hetero) is 3. The van der Waals surface area contributed by atoms with Crippen molar-refractivity contribution in [1.29, 1.82) is 0 Å². The Balaban J connectivity index is 0.000000158. The van der Waals surface area contributed by atoms with Crippen molar-refractivity contribution < 1.29 is 28.2 Å². The van der Waals surface area contributed by atoms with Crippen LogP contribution >= 0.6 is 34.5 Å². The summed E-state index contributed by atoms with van der Waals surface area (Å²) in [5.74, 6) is 1.07. The van der Waals surface area contributed by atoms with E-state index in [-0.39, 0.29) is 36.6 Å². The van der Waals surface area contributed by atoms with Gasteiger partial charge in [0.25, 0.3) is 0 Å². The smallest absolute Gasteiger partial charge is 0.169 e. The van der Waals surface area contributed by atoms with E-state index in [2.05, 4.69) is 44.9 Å². The number of benzene rings is 3. The number of rotatable bonds is 15. The van der Waals surface area contributed by atoms with E-state index in [9.17, 15) is 18.8 Å². The average Bonchev–Trinajstić information content (AvgIpc) is 3.78. The second-order valence-electron chi connectivity index (χ2n) is 15.8. The summed E-state index contributed by atoms with van der Waals surface area (Å²) < 4.78 is 25.3. The van der Waals surface area contributed by atoms with E-state index in [0.717, 1.165) is 33.5 Å². The number of carbonyl (C=O) groups is 3. The molecule has 0 bridgehead atoms. The van der Waals surface area contributed by atoms with Crippen LogP contribution in [0.15, 0.2) is 153 Å². The number of ether oxygens (including phenoxy) is 2. The molecule has 6 aromatic heterocycles. The van der Waals surface area contributed by atoms with Crippen LogP contribution in [0.2, 0.25) is 10.0 Å². The second-order valence-corrected chi connectivity index (χ2v) is 17.6. The summed E-state index contributed by atoms with van der Waals surface area (Å²) in [5, 5.41) is 3.46. The van der Waals surface area contributed by atoms with Gasteiger partial charge < -0.3 is 14.4 Å². The SMILES string of the molecule is Cc1cccc(CC(=O)c2cc(Cl)cc(Oc3cncnc3)c2)n1.Cc1cccc(CC(=O)c2cc(Cl)cc(Oc3cncnc3)c2)n1.Cc1csc(CC(=O)c2cc(F)cc(N(C)c3cncnc3)c2)n1. The lowest BCUT2D eigenvalue weighted by molar-refractivity contribution is 0.0983. The van der Waals surface area contributed by atoms with Gasteiger partial charge in [-0.1, -0.05) is 35.3 Å². The van der Waals surface area contributed by atoms with E-state index in [1.54, 1.807) is 66.8 Å². The minimum absolute atomic E-state index is 0.0789. The van der Waals surface area contributed by atoms with Crippen LogP contribution in [-0.2, 0) is 19.3 Å². The molecule has 0 aliphatic carbocycles. The number of pyridine rings is 2. The largest absolute Gasteiger partial charge is 0.454 e. The molecule has 15 nitrogen and oxygen atoms in total. The summed E-state index contributed by atoms with van der Waals surface area (Å²) in [7, 11) is 1.77. The van der Waals surface area contributed by atoms with Gasteiger partial charge in [0.2, 0.25) is 0 Å². The van der Waals surface area contributed by atoms with E-state index in [0.29, 0.717) is 61.1 Å². The third kappa shape index (κ3) is 15.6. The number of anilines is 2. The van der Waals surface area contributed by atoms with E-state index in [1.165, 1.54) is 67.2 Å². The van der Waals surface area contributed by atoms with Gasteiger partial charge in [-0.15, -0.1) is 11.3 Å². The summed E-state index contributed by atoms with van der Waals surface area (Å²) in [6.07, 6.45) is 14.2. The molecule has 6 heterocycles. The van der Waals surface area contributed by atoms with Crippen LogP contribution < -0.4 is 14.4 Å². The molecule has 0 amide bonds. The van der Waals surface area contributed by atoms with Crippen LogP contribution in [0.3, 0.4) is 0 Å². The first-order valence-electron chi connectivity index (χ1n) is 21.8. The van der Waals surface area contributed by atoms with Crippen molar-refractivity contribution in [3.05, 3.63) is 219 Å². The number of hydrogen-bond acceptors (Lipinski definition) is 16. The Kier molecular flexibility index (Phi) is 17.9. The Morgan fingerprint density at radius 3 is 1.44 bits per heavy atom. The molecule has 0 fully saturated rings. The van der Waals surface area contributed by atoms with Gasteiger partial charge in [-0.25, -0.2) is 39.3 Å². The molecule has 0 aliphatic rings. The van der Waals surface area contributed by atoms with Crippen LogP contribution in [0.5, 0.6) is 23.0 Å². The highest BCUT2D eigenvalue weighted by molar-refractivity contribution is 7.09. The Morgan fingerprint density at radius 2 is 0.986 bits per heavy atom. The highest BCUT2D eigenvalue weighted by Crippen LogP contribution is 2.29. The molecule has 9 aromatic rings. The number of ketones is 3. The summed E-state index contributed by atoms with van der Waals surface area (Å²) in [6.45, 7) is 5.66. The van der Waals surface area contributed by atoms with Gasteiger partial charge in [0.05, 0.1) is 62.1 Å². The maximum absolute atomic E-state index is 14.0. The van der Waals surface area contributed by atoms with Crippen molar-refractivity contribution in [2.24, 2.45) is 0 Å². The Morgan fingerprint density at radius 1 is 0.528 bits per heavy atom. The van der Waals surface area contributed by atoms with Crippen LogP contribution in [0.25, 0.3) is 0 Å². The van der Waals surface area contributed by atoms with Gasteiger partial charge in [-0.2, -0.15) is 0 Å². The fourth-order valence-corrected chi connectivity index (χ4v) is 7.93. The van der Waals surface area contributed by atoms with Gasteiger partial charge in [0, 0.05) is 73.3 Å². The van der Waals surface area contributed by atoms with E-state index >= 15 is 0 Å². The molecule has 3 aromatic carbocycles. The zero-order valence-electron chi connectivity index (χ0n) is 39.1. The van der Waals surface area contributed by atoms with Crippen LogP contribution in [0.1, 0.15) is 64.6 Å². The minimum Gasteiger partial charge on any atom is -0.454 e. The molecule has 0 radical (unpaired) electrons. The van der Waals surface area contributed by atoms with Gasteiger partial charge in [-0.3, -0.25) is 24.4 Å². The predicted molar refractivity (Wildman–Crippen MR) is 273 cm³/mol. The second kappa shape index (κ2) is 25.0. The molecule has 0 unspecified atom stereocenters. The summed E-state index contributed by atoms with van der Waals surface area (Å²) >= 11 is 13.7. The summed E-state index contributed by atoms with van der Waals surface area (Å²) in [5.41, 5.74) is 6.60. The third-order valence-electron chi connectivity index (χ3n) is 10.0. The summed E-state index contributed by atoms with van der Waals surface area (Å²) in [6, 6.07) is 25.3. The van der Waals surface area contributed by atoms with Gasteiger partial charge in [-0.05, 0) is 99.6 Å². The lowest BCUT2D eigenvalue weighted by atomic mass is 10.1. The quantitative estimate of drug-likeness (QED) is 0.0881. The predicted octanol–water partition coefficient (Wildman–Crippen LogP) is 11.7. The van der Waals surface area contributed by atoms with E-state index in [1.807, 2.05) is 62.5 Å². The zero-order chi connectivity index (χ0) is 51.0. The number of thiazole rings is 1. The third-order valence-corrected chi connectivity index (χ3v) is 11.4. The molecule has 0 saturated carbocycles. The Bertz CT molecular complexity index is 3160. The number of carbonyl (C=O) groups excluding carboxylic acids is 3.